The van der Waals surface area contributed by atoms with Crippen molar-refractivity contribution >= 4 is 18.4 Å². The molecule has 1 heterocycles. The molecule has 1 aromatic rings. The summed E-state index contributed by atoms with van der Waals surface area (Å²) in [6.45, 7) is 0.475. The Morgan fingerprint density at radius 3 is 2.13 bits per heavy atom. The molecule has 0 unspecified atom stereocenters. The zero-order chi connectivity index (χ0) is 10.1. The molecule has 15 heavy (non-hydrogen) atoms. The Labute approximate surface area is 91.6 Å². The lowest BCUT2D eigenvalue weighted by Gasteiger charge is -2.24. The van der Waals surface area contributed by atoms with Crippen molar-refractivity contribution in [1.82, 2.24) is 0 Å². The van der Waals surface area contributed by atoms with E-state index < -0.39 is 0 Å². The minimum absolute atomic E-state index is 0.475. The second kappa shape index (κ2) is 3.80. The molecule has 1 aliphatic heterocycles. The van der Waals surface area contributed by atoms with Gasteiger partial charge in [-0.2, -0.15) is 0 Å². The maximum atomic E-state index is 3.59. The number of hydrogen-bond acceptors (Lipinski definition) is 2. The van der Waals surface area contributed by atoms with Crippen molar-refractivity contribution in [3.63, 3.8) is 0 Å². The average molecular weight is 200 g/mol. The Hall–Kier alpha value is -1.12. The molecule has 78 valence electrons. The summed E-state index contributed by atoms with van der Waals surface area (Å²) < 4.78 is 0. The van der Waals surface area contributed by atoms with Gasteiger partial charge in [-0.1, -0.05) is 44.2 Å². The predicted molar refractivity (Wildman–Crippen MR) is 66.3 cm³/mol. The van der Waals surface area contributed by atoms with Crippen LogP contribution in [0.4, 0.5) is 11.4 Å². The van der Waals surface area contributed by atoms with Crippen LogP contribution in [-0.4, -0.2) is 6.98 Å². The molecule has 0 spiro atoms. The van der Waals surface area contributed by atoms with E-state index in [1.807, 2.05) is 0 Å². The maximum Gasteiger partial charge on any atom is 0.373 e. The highest BCUT2D eigenvalue weighted by Crippen LogP contribution is 2.36. The molecule has 3 rings (SSSR count). The van der Waals surface area contributed by atoms with Crippen LogP contribution in [0.1, 0.15) is 32.1 Å². The van der Waals surface area contributed by atoms with E-state index in [4.69, 9.17) is 0 Å². The number of nitrogens with one attached hydrogen (secondary N) is 2. The summed E-state index contributed by atoms with van der Waals surface area (Å²) in [7, 11) is 0. The zero-order valence-corrected chi connectivity index (χ0v) is 9.00. The summed E-state index contributed by atoms with van der Waals surface area (Å²) in [5.74, 6) is 0.811. The summed E-state index contributed by atoms with van der Waals surface area (Å²) in [6.07, 6.45) is 6.98. The molecule has 2 aliphatic rings. The molecule has 2 nitrogen and oxygen atoms in total. The molecule has 0 radical (unpaired) electrons. The van der Waals surface area contributed by atoms with E-state index in [2.05, 4.69) is 34.7 Å². The van der Waals surface area contributed by atoms with Gasteiger partial charge in [-0.15, -0.1) is 0 Å². The Bertz CT molecular complexity index is 322. The van der Waals surface area contributed by atoms with E-state index in [1.54, 1.807) is 0 Å². The monoisotopic (exact) mass is 200 g/mol. The van der Waals surface area contributed by atoms with Crippen LogP contribution < -0.4 is 10.5 Å². The second-order valence-electron chi connectivity index (χ2n) is 4.71. The van der Waals surface area contributed by atoms with Gasteiger partial charge in [0.05, 0.1) is 0 Å². The third kappa shape index (κ3) is 1.71. The van der Waals surface area contributed by atoms with Gasteiger partial charge in [0.1, 0.15) is 0 Å². The molecule has 3 heteroatoms. The Balaban J connectivity index is 1.72. The van der Waals surface area contributed by atoms with E-state index in [0.717, 1.165) is 5.82 Å². The number of rotatable bonds is 1. The first-order chi connectivity index (χ1) is 7.43. The lowest BCUT2D eigenvalue weighted by Crippen LogP contribution is -2.35. The largest absolute Gasteiger partial charge is 0.408 e. The van der Waals surface area contributed by atoms with Crippen LogP contribution in [-0.2, 0) is 0 Å². The molecule has 1 aromatic carbocycles. The van der Waals surface area contributed by atoms with Gasteiger partial charge in [-0.3, -0.25) is 0 Å². The lowest BCUT2D eigenvalue weighted by atomic mass is 9.58. The fraction of sp³-hybridized carbons (Fsp3) is 0.500. The minimum Gasteiger partial charge on any atom is -0.408 e. The number of fused-ring (bicyclic) bond motifs is 1. The van der Waals surface area contributed by atoms with Crippen LogP contribution in [0.15, 0.2) is 24.3 Å². The van der Waals surface area contributed by atoms with Crippen molar-refractivity contribution in [2.24, 2.45) is 0 Å². The molecule has 0 amide bonds. The quantitative estimate of drug-likeness (QED) is 0.679. The first-order valence-corrected chi connectivity index (χ1v) is 6.05. The van der Waals surface area contributed by atoms with Gasteiger partial charge in [-0.25, -0.2) is 0 Å². The van der Waals surface area contributed by atoms with Gasteiger partial charge in [0.2, 0.25) is 0 Å². The van der Waals surface area contributed by atoms with Gasteiger partial charge in [0.15, 0.2) is 0 Å². The highest BCUT2D eigenvalue weighted by Gasteiger charge is 2.33. The number of benzene rings is 1. The summed E-state index contributed by atoms with van der Waals surface area (Å²) in [6, 6.07) is 8.50. The van der Waals surface area contributed by atoms with E-state index in [0.29, 0.717) is 6.98 Å². The summed E-state index contributed by atoms with van der Waals surface area (Å²) in [5, 5.41) is 7.19. The molecule has 1 saturated carbocycles. The standard InChI is InChI=1S/C12H17BN2/c1-2-6-10(7-3-1)13-14-11-8-4-5-9-12(11)15-13/h4-5,8-10,14-15H,1-3,6-7H2. The molecule has 0 atom stereocenters. The molecule has 1 aliphatic carbocycles. The number of para-hydroxylation sites is 2. The van der Waals surface area contributed by atoms with Crippen molar-refractivity contribution in [2.75, 3.05) is 10.5 Å². The van der Waals surface area contributed by atoms with Crippen LogP contribution in [0.2, 0.25) is 5.82 Å². The summed E-state index contributed by atoms with van der Waals surface area (Å²) >= 11 is 0. The second-order valence-corrected chi connectivity index (χ2v) is 4.71. The van der Waals surface area contributed by atoms with Crippen molar-refractivity contribution < 1.29 is 0 Å². The van der Waals surface area contributed by atoms with E-state index in [9.17, 15) is 0 Å². The fourth-order valence-electron chi connectivity index (χ4n) is 2.81. The Kier molecular flexibility index (Phi) is 2.31. The van der Waals surface area contributed by atoms with Gasteiger partial charge in [0, 0.05) is 11.4 Å². The highest BCUT2D eigenvalue weighted by molar-refractivity contribution is 6.70. The predicted octanol–water partition coefficient (Wildman–Crippen LogP) is 3.35. The van der Waals surface area contributed by atoms with Crippen LogP contribution in [0, 0.1) is 0 Å². The van der Waals surface area contributed by atoms with Crippen molar-refractivity contribution in [2.45, 2.75) is 37.9 Å². The van der Waals surface area contributed by atoms with E-state index >= 15 is 0 Å². The Morgan fingerprint density at radius 1 is 0.933 bits per heavy atom. The average Bonchev–Trinajstić information content (AvgIpc) is 2.74. The molecular formula is C12H17BN2. The fourth-order valence-corrected chi connectivity index (χ4v) is 2.81. The first kappa shape index (κ1) is 9.14. The summed E-state index contributed by atoms with van der Waals surface area (Å²) in [4.78, 5) is 0. The normalized spacial score (nSPS) is 20.7. The minimum atomic E-state index is 0.475. The van der Waals surface area contributed by atoms with Gasteiger partial charge in [0.25, 0.3) is 0 Å². The van der Waals surface area contributed by atoms with Crippen molar-refractivity contribution in [3.8, 4) is 0 Å². The molecule has 0 aromatic heterocycles. The highest BCUT2D eigenvalue weighted by atomic mass is 15.0. The SMILES string of the molecule is c1ccc2c(c1)NB(C1CCCCC1)N2. The van der Waals surface area contributed by atoms with Crippen molar-refractivity contribution in [3.05, 3.63) is 24.3 Å². The third-order valence-corrected chi connectivity index (χ3v) is 3.67. The van der Waals surface area contributed by atoms with Crippen LogP contribution >= 0.6 is 0 Å². The maximum absolute atomic E-state index is 3.59. The summed E-state index contributed by atoms with van der Waals surface area (Å²) in [5.41, 5.74) is 2.54. The van der Waals surface area contributed by atoms with Gasteiger partial charge < -0.3 is 10.5 Å². The zero-order valence-electron chi connectivity index (χ0n) is 9.00. The van der Waals surface area contributed by atoms with Crippen LogP contribution in [0.25, 0.3) is 0 Å². The van der Waals surface area contributed by atoms with Crippen molar-refractivity contribution in [1.29, 1.82) is 0 Å². The topological polar surface area (TPSA) is 24.1 Å². The third-order valence-electron chi connectivity index (χ3n) is 3.67. The first-order valence-electron chi connectivity index (χ1n) is 6.05. The number of hydrogen-bond donors (Lipinski definition) is 2. The van der Waals surface area contributed by atoms with E-state index in [1.165, 1.54) is 43.5 Å². The molecule has 1 fully saturated rings. The Morgan fingerprint density at radius 2 is 1.53 bits per heavy atom. The van der Waals surface area contributed by atoms with Crippen LogP contribution in [0.3, 0.4) is 0 Å². The molecule has 0 bridgehead atoms. The number of anilines is 2. The van der Waals surface area contributed by atoms with Gasteiger partial charge >= 0.3 is 6.98 Å². The molecule has 2 N–H and O–H groups in total. The van der Waals surface area contributed by atoms with Gasteiger partial charge in [-0.05, 0) is 17.9 Å². The molecule has 0 saturated heterocycles. The van der Waals surface area contributed by atoms with Crippen LogP contribution in [0.5, 0.6) is 0 Å². The van der Waals surface area contributed by atoms with E-state index in [-0.39, 0.29) is 0 Å². The smallest absolute Gasteiger partial charge is 0.373 e. The molecular weight excluding hydrogens is 183 g/mol. The lowest BCUT2D eigenvalue weighted by molar-refractivity contribution is 0.498.